The molecule has 2 aliphatic rings. The maximum Gasteiger partial charge on any atom is 0.333 e. The van der Waals surface area contributed by atoms with Gasteiger partial charge in [0.05, 0.1) is 5.70 Å². The van der Waals surface area contributed by atoms with Crippen LogP contribution in [0.15, 0.2) is 36.0 Å². The third-order valence-corrected chi connectivity index (χ3v) is 3.72. The van der Waals surface area contributed by atoms with Crippen molar-refractivity contribution in [3.05, 3.63) is 47.2 Å². The summed E-state index contributed by atoms with van der Waals surface area (Å²) in [4.78, 5) is 13.5. The summed E-state index contributed by atoms with van der Waals surface area (Å²) in [6.45, 7) is 4.42. The van der Waals surface area contributed by atoms with Crippen LogP contribution in [0.25, 0.3) is 0 Å². The largest absolute Gasteiger partial charge is 0.456 e. The lowest BCUT2D eigenvalue weighted by Crippen LogP contribution is -2.25. The van der Waals surface area contributed by atoms with Crippen LogP contribution in [0.1, 0.15) is 24.0 Å². The van der Waals surface area contributed by atoms with E-state index >= 15 is 0 Å². The van der Waals surface area contributed by atoms with E-state index in [4.69, 9.17) is 4.74 Å². The van der Waals surface area contributed by atoms with E-state index in [1.807, 2.05) is 0 Å². The first-order valence-corrected chi connectivity index (χ1v) is 6.88. The van der Waals surface area contributed by atoms with Crippen molar-refractivity contribution in [3.63, 3.8) is 0 Å². The van der Waals surface area contributed by atoms with E-state index in [-0.39, 0.29) is 5.97 Å². The van der Waals surface area contributed by atoms with Gasteiger partial charge in [-0.1, -0.05) is 29.8 Å². The minimum absolute atomic E-state index is 0.209. The number of rotatable bonds is 5. The number of aryl methyl sites for hydroxylation is 1. The van der Waals surface area contributed by atoms with Crippen molar-refractivity contribution in [1.82, 2.24) is 4.90 Å². The summed E-state index contributed by atoms with van der Waals surface area (Å²) in [6.07, 6.45) is 4.26. The Balaban J connectivity index is 1.73. The molecule has 0 spiro atoms. The Morgan fingerprint density at radius 2 is 2.00 bits per heavy atom. The standard InChI is InChI=1S/C16H19NO2/c1-12-2-4-13(5-3-12)9-17(10-14-6-7-14)15-8-16(18)19-11-15/h2-5,8,14H,6-7,9-11H2,1H3. The second-order valence-corrected chi connectivity index (χ2v) is 5.55. The number of nitrogens with zero attached hydrogens (tertiary/aromatic N) is 1. The van der Waals surface area contributed by atoms with Gasteiger partial charge in [0.2, 0.25) is 0 Å². The highest BCUT2D eigenvalue weighted by Crippen LogP contribution is 2.32. The minimum Gasteiger partial charge on any atom is -0.456 e. The zero-order valence-corrected chi connectivity index (χ0v) is 11.3. The highest BCUT2D eigenvalue weighted by Gasteiger charge is 2.27. The van der Waals surface area contributed by atoms with Crippen LogP contribution in [0.4, 0.5) is 0 Å². The minimum atomic E-state index is -0.209. The SMILES string of the molecule is Cc1ccc(CN(CC2CC2)C2=CC(=O)OC2)cc1. The van der Waals surface area contributed by atoms with Crippen molar-refractivity contribution in [2.75, 3.05) is 13.2 Å². The van der Waals surface area contributed by atoms with Crippen LogP contribution >= 0.6 is 0 Å². The first kappa shape index (κ1) is 12.3. The molecule has 1 aromatic carbocycles. The quantitative estimate of drug-likeness (QED) is 0.759. The van der Waals surface area contributed by atoms with Gasteiger partial charge in [0, 0.05) is 19.2 Å². The summed E-state index contributed by atoms with van der Waals surface area (Å²) in [5.41, 5.74) is 3.58. The maximum absolute atomic E-state index is 11.2. The summed E-state index contributed by atoms with van der Waals surface area (Å²) in [5.74, 6) is 0.585. The molecule has 1 aliphatic heterocycles. The van der Waals surface area contributed by atoms with Gasteiger partial charge in [-0.3, -0.25) is 0 Å². The number of cyclic esters (lactones) is 1. The molecule has 1 aliphatic carbocycles. The predicted molar refractivity (Wildman–Crippen MR) is 73.4 cm³/mol. The molecular formula is C16H19NO2. The van der Waals surface area contributed by atoms with Gasteiger partial charge in [-0.25, -0.2) is 4.79 Å². The fraction of sp³-hybridized carbons (Fsp3) is 0.438. The third kappa shape index (κ3) is 3.16. The molecule has 19 heavy (non-hydrogen) atoms. The Morgan fingerprint density at radius 3 is 2.58 bits per heavy atom. The van der Waals surface area contributed by atoms with Gasteiger partial charge < -0.3 is 9.64 Å². The van der Waals surface area contributed by atoms with Gasteiger partial charge >= 0.3 is 5.97 Å². The molecule has 0 N–H and O–H groups in total. The zero-order chi connectivity index (χ0) is 13.2. The van der Waals surface area contributed by atoms with E-state index < -0.39 is 0 Å². The molecule has 0 bridgehead atoms. The fourth-order valence-corrected chi connectivity index (χ4v) is 2.36. The van der Waals surface area contributed by atoms with E-state index in [0.717, 1.165) is 24.7 Å². The molecule has 0 unspecified atom stereocenters. The molecule has 0 amide bonds. The molecule has 1 fully saturated rings. The monoisotopic (exact) mass is 257 g/mol. The fourth-order valence-electron chi connectivity index (χ4n) is 2.36. The van der Waals surface area contributed by atoms with Gasteiger partial charge in [0.1, 0.15) is 6.61 Å². The molecule has 3 nitrogen and oxygen atoms in total. The maximum atomic E-state index is 11.2. The van der Waals surface area contributed by atoms with Crippen LogP contribution < -0.4 is 0 Å². The van der Waals surface area contributed by atoms with Gasteiger partial charge in [-0.15, -0.1) is 0 Å². The lowest BCUT2D eigenvalue weighted by atomic mass is 10.1. The first-order valence-electron chi connectivity index (χ1n) is 6.88. The number of hydrogen-bond acceptors (Lipinski definition) is 3. The second-order valence-electron chi connectivity index (χ2n) is 5.55. The Morgan fingerprint density at radius 1 is 1.26 bits per heavy atom. The predicted octanol–water partition coefficient (Wildman–Crippen LogP) is 2.65. The highest BCUT2D eigenvalue weighted by atomic mass is 16.5. The smallest absolute Gasteiger partial charge is 0.333 e. The van der Waals surface area contributed by atoms with Gasteiger partial charge in [0.15, 0.2) is 0 Å². The van der Waals surface area contributed by atoms with Crippen LogP contribution in [0.2, 0.25) is 0 Å². The van der Waals surface area contributed by atoms with E-state index in [9.17, 15) is 4.79 Å². The molecule has 0 radical (unpaired) electrons. The highest BCUT2D eigenvalue weighted by molar-refractivity contribution is 5.85. The van der Waals surface area contributed by atoms with E-state index in [0.29, 0.717) is 6.61 Å². The topological polar surface area (TPSA) is 29.5 Å². The third-order valence-electron chi connectivity index (χ3n) is 3.72. The molecule has 1 aromatic rings. The number of benzene rings is 1. The number of ether oxygens (including phenoxy) is 1. The van der Waals surface area contributed by atoms with Crippen molar-refractivity contribution in [1.29, 1.82) is 0 Å². The van der Waals surface area contributed by atoms with Crippen LogP contribution in [0.5, 0.6) is 0 Å². The van der Waals surface area contributed by atoms with Gasteiger partial charge in [0.25, 0.3) is 0 Å². The molecule has 0 atom stereocenters. The van der Waals surface area contributed by atoms with Crippen LogP contribution in [0, 0.1) is 12.8 Å². The lowest BCUT2D eigenvalue weighted by Gasteiger charge is -2.25. The first-order chi connectivity index (χ1) is 9.20. The number of carbonyl (C=O) groups is 1. The summed E-state index contributed by atoms with van der Waals surface area (Å²) in [6, 6.07) is 8.59. The van der Waals surface area contributed by atoms with Gasteiger partial charge in [-0.2, -0.15) is 0 Å². The molecular weight excluding hydrogens is 238 g/mol. The second kappa shape index (κ2) is 5.08. The average molecular weight is 257 g/mol. The molecule has 1 heterocycles. The zero-order valence-electron chi connectivity index (χ0n) is 11.3. The van der Waals surface area contributed by atoms with Crippen LogP contribution in [-0.4, -0.2) is 24.0 Å². The summed E-state index contributed by atoms with van der Waals surface area (Å²) >= 11 is 0. The van der Waals surface area contributed by atoms with Crippen LogP contribution in [-0.2, 0) is 16.1 Å². The number of carbonyl (C=O) groups excluding carboxylic acids is 1. The Hall–Kier alpha value is -1.77. The van der Waals surface area contributed by atoms with Crippen molar-refractivity contribution >= 4 is 5.97 Å². The van der Waals surface area contributed by atoms with Crippen molar-refractivity contribution in [2.24, 2.45) is 5.92 Å². The number of esters is 1. The van der Waals surface area contributed by atoms with Crippen molar-refractivity contribution in [3.8, 4) is 0 Å². The molecule has 3 rings (SSSR count). The Bertz CT molecular complexity index is 500. The average Bonchev–Trinajstić information content (AvgIpc) is 3.11. The van der Waals surface area contributed by atoms with E-state index in [1.165, 1.54) is 24.0 Å². The van der Waals surface area contributed by atoms with Crippen molar-refractivity contribution in [2.45, 2.75) is 26.3 Å². The molecule has 0 aromatic heterocycles. The van der Waals surface area contributed by atoms with E-state index in [2.05, 4.69) is 36.1 Å². The molecule has 0 saturated heterocycles. The molecule has 100 valence electrons. The summed E-state index contributed by atoms with van der Waals surface area (Å²) < 4.78 is 5.03. The Kier molecular flexibility index (Phi) is 3.28. The Labute approximate surface area is 113 Å². The molecule has 1 saturated carbocycles. The lowest BCUT2D eigenvalue weighted by molar-refractivity contribution is -0.135. The van der Waals surface area contributed by atoms with E-state index in [1.54, 1.807) is 6.08 Å². The normalized spacial score (nSPS) is 18.2. The summed E-state index contributed by atoms with van der Waals surface area (Å²) in [5, 5.41) is 0. The van der Waals surface area contributed by atoms with Crippen LogP contribution in [0.3, 0.4) is 0 Å². The molecule has 3 heteroatoms. The summed E-state index contributed by atoms with van der Waals surface area (Å²) in [7, 11) is 0. The van der Waals surface area contributed by atoms with Crippen molar-refractivity contribution < 1.29 is 9.53 Å². The number of hydrogen-bond donors (Lipinski definition) is 0. The van der Waals surface area contributed by atoms with Gasteiger partial charge in [-0.05, 0) is 31.2 Å².